The van der Waals surface area contributed by atoms with E-state index in [-0.39, 0.29) is 17.2 Å². The summed E-state index contributed by atoms with van der Waals surface area (Å²) in [5.74, 6) is -0.637. The number of carbonyl (C=O) groups is 2. The Morgan fingerprint density at radius 1 is 1.03 bits per heavy atom. The molecule has 1 aliphatic heterocycles. The van der Waals surface area contributed by atoms with E-state index in [1.807, 2.05) is 23.1 Å². The topological polar surface area (TPSA) is 82.7 Å². The molecule has 1 unspecified atom stereocenters. The van der Waals surface area contributed by atoms with Crippen molar-refractivity contribution in [3.05, 3.63) is 81.2 Å². The predicted octanol–water partition coefficient (Wildman–Crippen LogP) is 2.85. The van der Waals surface area contributed by atoms with Crippen molar-refractivity contribution in [2.45, 2.75) is 6.04 Å². The van der Waals surface area contributed by atoms with Crippen LogP contribution in [0.4, 0.5) is 0 Å². The Bertz CT molecular complexity index is 1180. The van der Waals surface area contributed by atoms with Gasteiger partial charge in [0, 0.05) is 36.6 Å². The Morgan fingerprint density at radius 2 is 1.71 bits per heavy atom. The van der Waals surface area contributed by atoms with Crippen LogP contribution in [0, 0.1) is 0 Å². The molecule has 0 bridgehead atoms. The molecule has 2 aromatic carbocycles. The first-order chi connectivity index (χ1) is 15.0. The molecule has 1 aliphatic rings. The van der Waals surface area contributed by atoms with Crippen molar-refractivity contribution in [2.24, 2.45) is 0 Å². The van der Waals surface area contributed by atoms with E-state index < -0.39 is 12.0 Å². The number of nitrogens with zero attached hydrogens (tertiary/aromatic N) is 2. The number of carbonyl (C=O) groups excluding carboxylic acids is 2. The van der Waals surface area contributed by atoms with E-state index in [0.29, 0.717) is 42.2 Å². The van der Waals surface area contributed by atoms with Crippen molar-refractivity contribution < 1.29 is 14.3 Å². The highest BCUT2D eigenvalue weighted by Crippen LogP contribution is 2.29. The lowest BCUT2D eigenvalue weighted by molar-refractivity contribution is -0.148. The highest BCUT2D eigenvalue weighted by atomic mass is 35.5. The van der Waals surface area contributed by atoms with E-state index >= 15 is 0 Å². The quantitative estimate of drug-likeness (QED) is 0.632. The van der Waals surface area contributed by atoms with Gasteiger partial charge in [-0.3, -0.25) is 14.5 Å². The fraction of sp³-hybridized carbons (Fsp3) is 0.261. The standard InChI is InChI=1S/C23H22ClN3O4/c1-31-23(30)20(17-8-4-5-9-18(17)24)26-10-12-27(13-11-26)22(29)19-14-15-6-2-3-7-16(15)21(28)25-19/h2-9,14,20H,10-13H2,1H3,(H,25,28). The second-order valence-electron chi connectivity index (χ2n) is 7.37. The van der Waals surface area contributed by atoms with Crippen LogP contribution in [0.2, 0.25) is 5.02 Å². The number of rotatable bonds is 4. The number of fused-ring (bicyclic) bond motifs is 1. The number of benzene rings is 2. The molecule has 31 heavy (non-hydrogen) atoms. The number of hydrogen-bond donors (Lipinski definition) is 1. The molecule has 0 radical (unpaired) electrons. The molecule has 0 saturated carbocycles. The molecule has 7 nitrogen and oxygen atoms in total. The molecule has 1 atom stereocenters. The number of H-pyrrole nitrogens is 1. The Kier molecular flexibility index (Phi) is 6.06. The van der Waals surface area contributed by atoms with Crippen LogP contribution >= 0.6 is 11.6 Å². The number of halogens is 1. The Morgan fingerprint density at radius 3 is 2.42 bits per heavy atom. The van der Waals surface area contributed by atoms with Gasteiger partial charge in [0.15, 0.2) is 0 Å². The third-order valence-corrected chi connectivity index (χ3v) is 5.92. The van der Waals surface area contributed by atoms with Crippen LogP contribution in [0.5, 0.6) is 0 Å². The first-order valence-electron chi connectivity index (χ1n) is 9.97. The van der Waals surface area contributed by atoms with Gasteiger partial charge in [0.1, 0.15) is 11.7 Å². The first-order valence-corrected chi connectivity index (χ1v) is 10.3. The lowest BCUT2D eigenvalue weighted by Crippen LogP contribution is -2.51. The van der Waals surface area contributed by atoms with Gasteiger partial charge in [-0.1, -0.05) is 48.0 Å². The molecule has 0 aliphatic carbocycles. The zero-order valence-corrected chi connectivity index (χ0v) is 17.8. The summed E-state index contributed by atoms with van der Waals surface area (Å²) in [6, 6.07) is 15.4. The Hall–Kier alpha value is -3.16. The molecule has 8 heteroatoms. The van der Waals surface area contributed by atoms with Crippen LogP contribution in [0.25, 0.3) is 10.8 Å². The second-order valence-corrected chi connectivity index (χ2v) is 7.78. The monoisotopic (exact) mass is 439 g/mol. The summed E-state index contributed by atoms with van der Waals surface area (Å²) in [6.45, 7) is 1.75. The maximum absolute atomic E-state index is 13.0. The van der Waals surface area contributed by atoms with Gasteiger partial charge in [0.05, 0.1) is 7.11 Å². The number of esters is 1. The maximum atomic E-state index is 13.0. The average Bonchev–Trinajstić information content (AvgIpc) is 2.80. The SMILES string of the molecule is COC(=O)C(c1ccccc1Cl)N1CCN(C(=O)c2cc3ccccc3c(=O)[nH]2)CC1. The zero-order chi connectivity index (χ0) is 22.0. The lowest BCUT2D eigenvalue weighted by atomic mass is 10.0. The number of methoxy groups -OCH3 is 1. The highest BCUT2D eigenvalue weighted by Gasteiger charge is 2.33. The summed E-state index contributed by atoms with van der Waals surface area (Å²) in [6.07, 6.45) is 0. The number of nitrogens with one attached hydrogen (secondary N) is 1. The molecule has 1 fully saturated rings. The largest absolute Gasteiger partial charge is 0.468 e. The maximum Gasteiger partial charge on any atom is 0.327 e. The van der Waals surface area contributed by atoms with Gasteiger partial charge in [-0.15, -0.1) is 0 Å². The van der Waals surface area contributed by atoms with Gasteiger partial charge in [-0.2, -0.15) is 0 Å². The van der Waals surface area contributed by atoms with Crippen LogP contribution in [-0.2, 0) is 9.53 Å². The van der Waals surface area contributed by atoms with Gasteiger partial charge < -0.3 is 14.6 Å². The summed E-state index contributed by atoms with van der Waals surface area (Å²) >= 11 is 6.33. The molecule has 1 amide bonds. The van der Waals surface area contributed by atoms with Crippen LogP contribution < -0.4 is 5.56 Å². The molecule has 1 aromatic heterocycles. The van der Waals surface area contributed by atoms with Crippen molar-refractivity contribution in [3.8, 4) is 0 Å². The summed E-state index contributed by atoms with van der Waals surface area (Å²) < 4.78 is 5.01. The molecule has 0 spiro atoms. The summed E-state index contributed by atoms with van der Waals surface area (Å²) in [5.41, 5.74) is 0.645. The number of pyridine rings is 1. The normalized spacial score (nSPS) is 15.6. The number of aromatic amines is 1. The molecule has 1 saturated heterocycles. The van der Waals surface area contributed by atoms with Crippen LogP contribution in [-0.4, -0.2) is 59.9 Å². The van der Waals surface area contributed by atoms with Gasteiger partial charge >= 0.3 is 5.97 Å². The van der Waals surface area contributed by atoms with Gasteiger partial charge in [0.25, 0.3) is 11.5 Å². The highest BCUT2D eigenvalue weighted by molar-refractivity contribution is 6.31. The number of amides is 1. The number of aromatic nitrogens is 1. The summed E-state index contributed by atoms with van der Waals surface area (Å²) in [5, 5.41) is 1.76. The Balaban J connectivity index is 1.52. The molecule has 2 heterocycles. The molecule has 3 aromatic rings. The van der Waals surface area contributed by atoms with Crippen LogP contribution in [0.15, 0.2) is 59.4 Å². The minimum Gasteiger partial charge on any atom is -0.468 e. The van der Waals surface area contributed by atoms with Crippen molar-refractivity contribution >= 4 is 34.2 Å². The summed E-state index contributed by atoms with van der Waals surface area (Å²) in [7, 11) is 1.35. The number of piperazine rings is 1. The first kappa shape index (κ1) is 21.1. The zero-order valence-electron chi connectivity index (χ0n) is 17.0. The van der Waals surface area contributed by atoms with Crippen molar-refractivity contribution in [1.29, 1.82) is 0 Å². The van der Waals surface area contributed by atoms with E-state index in [4.69, 9.17) is 16.3 Å². The van der Waals surface area contributed by atoms with E-state index in [1.54, 1.807) is 41.3 Å². The Labute approximate surface area is 184 Å². The van der Waals surface area contributed by atoms with Crippen LogP contribution in [0.3, 0.4) is 0 Å². The third-order valence-electron chi connectivity index (χ3n) is 5.57. The predicted molar refractivity (Wildman–Crippen MR) is 118 cm³/mol. The van der Waals surface area contributed by atoms with Crippen molar-refractivity contribution in [3.63, 3.8) is 0 Å². The molecule has 160 valence electrons. The second kappa shape index (κ2) is 8.91. The van der Waals surface area contributed by atoms with E-state index in [9.17, 15) is 14.4 Å². The molecular formula is C23H22ClN3O4. The molecular weight excluding hydrogens is 418 g/mol. The molecule has 1 N–H and O–H groups in total. The summed E-state index contributed by atoms with van der Waals surface area (Å²) in [4.78, 5) is 44.2. The lowest BCUT2D eigenvalue weighted by Gasteiger charge is -2.38. The van der Waals surface area contributed by atoms with Crippen LogP contribution in [0.1, 0.15) is 22.1 Å². The number of ether oxygens (including phenoxy) is 1. The minimum atomic E-state index is -0.642. The fourth-order valence-electron chi connectivity index (χ4n) is 3.96. The van der Waals surface area contributed by atoms with E-state index in [0.717, 1.165) is 5.39 Å². The van der Waals surface area contributed by atoms with Crippen molar-refractivity contribution in [1.82, 2.24) is 14.8 Å². The van der Waals surface area contributed by atoms with E-state index in [2.05, 4.69) is 4.98 Å². The third kappa shape index (κ3) is 4.19. The molecule has 4 rings (SSSR count). The fourth-order valence-corrected chi connectivity index (χ4v) is 4.20. The average molecular weight is 440 g/mol. The van der Waals surface area contributed by atoms with E-state index in [1.165, 1.54) is 7.11 Å². The smallest absolute Gasteiger partial charge is 0.327 e. The van der Waals surface area contributed by atoms with Gasteiger partial charge in [-0.05, 0) is 29.1 Å². The van der Waals surface area contributed by atoms with Crippen molar-refractivity contribution in [2.75, 3.05) is 33.3 Å². The van der Waals surface area contributed by atoms with Gasteiger partial charge in [0.2, 0.25) is 0 Å². The minimum absolute atomic E-state index is 0.241. The van der Waals surface area contributed by atoms with Gasteiger partial charge in [-0.25, -0.2) is 4.79 Å². The number of hydrogen-bond acceptors (Lipinski definition) is 5.